The minimum absolute atomic E-state index is 0. The summed E-state index contributed by atoms with van der Waals surface area (Å²) in [4.78, 5) is 36.9. The van der Waals surface area contributed by atoms with Crippen molar-refractivity contribution in [1.29, 1.82) is 0 Å². The van der Waals surface area contributed by atoms with E-state index in [2.05, 4.69) is 21.2 Å². The van der Waals surface area contributed by atoms with Crippen molar-refractivity contribution >= 4 is 46.1 Å². The molecule has 1 atom stereocenters. The summed E-state index contributed by atoms with van der Waals surface area (Å²) in [6.07, 6.45) is 0. The van der Waals surface area contributed by atoms with Crippen LogP contribution in [0, 0.1) is 0 Å². The van der Waals surface area contributed by atoms with Gasteiger partial charge >= 0.3 is 0 Å². The third kappa shape index (κ3) is 3.61. The average molecular weight is 377 g/mol. The maximum atomic E-state index is 12.1. The molecule has 3 amide bonds. The van der Waals surface area contributed by atoms with Crippen LogP contribution in [0.25, 0.3) is 0 Å². The van der Waals surface area contributed by atoms with Crippen molar-refractivity contribution in [2.24, 2.45) is 5.73 Å². The summed E-state index contributed by atoms with van der Waals surface area (Å²) in [6, 6.07) is 4.63. The predicted octanol–water partition coefficient (Wildman–Crippen LogP) is 0.930. The summed E-state index contributed by atoms with van der Waals surface area (Å²) >= 11 is 3.25. The van der Waals surface area contributed by atoms with Crippen molar-refractivity contribution in [3.8, 4) is 0 Å². The zero-order valence-corrected chi connectivity index (χ0v) is 13.7. The maximum Gasteiger partial charge on any atom is 0.262 e. The predicted molar refractivity (Wildman–Crippen MR) is 83.4 cm³/mol. The quantitative estimate of drug-likeness (QED) is 0.765. The van der Waals surface area contributed by atoms with Gasteiger partial charge in [-0.1, -0.05) is 15.9 Å². The Labute approximate surface area is 136 Å². The Balaban J connectivity index is 0.00000220. The van der Waals surface area contributed by atoms with E-state index in [-0.39, 0.29) is 25.0 Å². The molecule has 0 saturated heterocycles. The van der Waals surface area contributed by atoms with E-state index in [0.717, 1.165) is 4.90 Å². The zero-order valence-electron chi connectivity index (χ0n) is 11.3. The minimum Gasteiger partial charge on any atom is -0.351 e. The van der Waals surface area contributed by atoms with Crippen LogP contribution in [0.15, 0.2) is 22.7 Å². The van der Waals surface area contributed by atoms with Crippen LogP contribution in [0.5, 0.6) is 0 Å². The van der Waals surface area contributed by atoms with Gasteiger partial charge in [-0.3, -0.25) is 19.3 Å². The van der Waals surface area contributed by atoms with Gasteiger partial charge in [0.1, 0.15) is 6.54 Å². The van der Waals surface area contributed by atoms with Crippen molar-refractivity contribution in [3.63, 3.8) is 0 Å². The number of nitrogens with one attached hydrogen (secondary N) is 1. The van der Waals surface area contributed by atoms with E-state index >= 15 is 0 Å². The van der Waals surface area contributed by atoms with Crippen LogP contribution < -0.4 is 11.1 Å². The van der Waals surface area contributed by atoms with Crippen LogP contribution in [0.1, 0.15) is 27.6 Å². The molecule has 0 saturated carbocycles. The molecule has 1 aromatic rings. The number of rotatable bonds is 4. The molecule has 1 aliphatic heterocycles. The number of carbonyl (C=O) groups excluding carboxylic acids is 3. The van der Waals surface area contributed by atoms with Gasteiger partial charge in [-0.25, -0.2) is 0 Å². The molecule has 0 fully saturated rings. The fourth-order valence-electron chi connectivity index (χ4n) is 1.93. The molecule has 1 heterocycles. The molecule has 1 aromatic carbocycles. The molecule has 0 radical (unpaired) electrons. The van der Waals surface area contributed by atoms with Crippen LogP contribution in [0.4, 0.5) is 0 Å². The molecule has 114 valence electrons. The van der Waals surface area contributed by atoms with E-state index < -0.39 is 17.7 Å². The van der Waals surface area contributed by atoms with Gasteiger partial charge < -0.3 is 11.1 Å². The fraction of sp³-hybridized carbons (Fsp3) is 0.308. The van der Waals surface area contributed by atoms with Crippen LogP contribution in [-0.4, -0.2) is 41.8 Å². The summed E-state index contributed by atoms with van der Waals surface area (Å²) in [5.41, 5.74) is 6.03. The Morgan fingerprint density at radius 2 is 1.95 bits per heavy atom. The van der Waals surface area contributed by atoms with Gasteiger partial charge in [0.25, 0.3) is 11.8 Å². The van der Waals surface area contributed by atoms with Crippen molar-refractivity contribution in [3.05, 3.63) is 33.8 Å². The van der Waals surface area contributed by atoms with Crippen LogP contribution in [-0.2, 0) is 4.79 Å². The Kier molecular flexibility index (Phi) is 5.88. The Hall–Kier alpha value is -1.44. The highest BCUT2D eigenvalue weighted by Crippen LogP contribution is 2.25. The SMILES string of the molecule is C[C@@H](CN)NC(=O)CN1C(=O)c2ccc(Br)cc2C1=O.Cl. The topological polar surface area (TPSA) is 92.5 Å². The third-order valence-corrected chi connectivity index (χ3v) is 3.49. The lowest BCUT2D eigenvalue weighted by Crippen LogP contribution is -2.45. The van der Waals surface area contributed by atoms with Crippen molar-refractivity contribution < 1.29 is 14.4 Å². The molecule has 21 heavy (non-hydrogen) atoms. The Bertz CT molecular complexity index is 594. The number of nitrogens with zero attached hydrogens (tertiary/aromatic N) is 1. The molecule has 0 bridgehead atoms. The van der Waals surface area contributed by atoms with Crippen molar-refractivity contribution in [1.82, 2.24) is 10.2 Å². The van der Waals surface area contributed by atoms with Gasteiger partial charge in [-0.2, -0.15) is 0 Å². The first kappa shape index (κ1) is 17.6. The lowest BCUT2D eigenvalue weighted by atomic mass is 10.1. The van der Waals surface area contributed by atoms with Crippen molar-refractivity contribution in [2.45, 2.75) is 13.0 Å². The summed E-state index contributed by atoms with van der Waals surface area (Å²) in [6.45, 7) is 1.74. The van der Waals surface area contributed by atoms with E-state index in [4.69, 9.17) is 5.73 Å². The Morgan fingerprint density at radius 3 is 2.57 bits per heavy atom. The van der Waals surface area contributed by atoms with Crippen LogP contribution in [0.2, 0.25) is 0 Å². The molecule has 0 aliphatic carbocycles. The first-order valence-corrected chi connectivity index (χ1v) is 6.88. The van der Waals surface area contributed by atoms with Gasteiger partial charge in [0.05, 0.1) is 11.1 Å². The second-order valence-electron chi connectivity index (χ2n) is 4.59. The smallest absolute Gasteiger partial charge is 0.262 e. The molecule has 0 unspecified atom stereocenters. The standard InChI is InChI=1S/C13H14BrN3O3.ClH/c1-7(5-15)16-11(18)6-17-12(19)9-3-2-8(14)4-10(9)13(17)20;/h2-4,7H,5-6,15H2,1H3,(H,16,18);1H/t7-;/m0./s1. The molecule has 8 heteroatoms. The lowest BCUT2D eigenvalue weighted by molar-refractivity contribution is -0.121. The number of carbonyl (C=O) groups is 3. The highest BCUT2D eigenvalue weighted by molar-refractivity contribution is 9.10. The summed E-state index contributed by atoms with van der Waals surface area (Å²) in [7, 11) is 0. The highest BCUT2D eigenvalue weighted by atomic mass is 79.9. The maximum absolute atomic E-state index is 12.1. The minimum atomic E-state index is -0.457. The van der Waals surface area contributed by atoms with E-state index in [9.17, 15) is 14.4 Å². The second kappa shape index (κ2) is 7.02. The molecular weight excluding hydrogens is 362 g/mol. The van der Waals surface area contributed by atoms with E-state index in [1.165, 1.54) is 0 Å². The summed E-state index contributed by atoms with van der Waals surface area (Å²) < 4.78 is 0.709. The highest BCUT2D eigenvalue weighted by Gasteiger charge is 2.36. The van der Waals surface area contributed by atoms with Crippen LogP contribution in [0.3, 0.4) is 0 Å². The first-order chi connectivity index (χ1) is 9.43. The first-order valence-electron chi connectivity index (χ1n) is 6.09. The number of imide groups is 1. The molecule has 0 spiro atoms. The number of nitrogens with two attached hydrogens (primary N) is 1. The number of benzene rings is 1. The van der Waals surface area contributed by atoms with Gasteiger partial charge in [0, 0.05) is 17.1 Å². The number of amides is 3. The van der Waals surface area contributed by atoms with Crippen LogP contribution >= 0.6 is 28.3 Å². The number of hydrogen-bond acceptors (Lipinski definition) is 4. The van der Waals surface area contributed by atoms with Crippen molar-refractivity contribution in [2.75, 3.05) is 13.1 Å². The molecule has 2 rings (SSSR count). The van der Waals surface area contributed by atoms with Gasteiger partial charge in [-0.05, 0) is 25.1 Å². The largest absolute Gasteiger partial charge is 0.351 e. The van der Waals surface area contributed by atoms with Gasteiger partial charge in [-0.15, -0.1) is 12.4 Å². The van der Waals surface area contributed by atoms with Gasteiger partial charge in [0.2, 0.25) is 5.91 Å². The van der Waals surface area contributed by atoms with E-state index in [0.29, 0.717) is 22.1 Å². The summed E-state index contributed by atoms with van der Waals surface area (Å²) in [5, 5.41) is 2.62. The lowest BCUT2D eigenvalue weighted by Gasteiger charge is -2.16. The summed E-state index contributed by atoms with van der Waals surface area (Å²) in [5.74, 6) is -1.31. The normalized spacial score (nSPS) is 14.5. The van der Waals surface area contributed by atoms with E-state index in [1.807, 2.05) is 0 Å². The van der Waals surface area contributed by atoms with E-state index in [1.54, 1.807) is 25.1 Å². The Morgan fingerprint density at radius 1 is 1.33 bits per heavy atom. The molecule has 0 aromatic heterocycles. The number of halogens is 2. The second-order valence-corrected chi connectivity index (χ2v) is 5.51. The van der Waals surface area contributed by atoms with Gasteiger partial charge in [0.15, 0.2) is 0 Å². The third-order valence-electron chi connectivity index (χ3n) is 3.00. The number of hydrogen-bond donors (Lipinski definition) is 2. The molecular formula is C13H15BrClN3O3. The number of fused-ring (bicyclic) bond motifs is 1. The monoisotopic (exact) mass is 375 g/mol. The molecule has 1 aliphatic rings. The average Bonchev–Trinajstić information content (AvgIpc) is 2.63. The zero-order chi connectivity index (χ0) is 14.9. The molecule has 3 N–H and O–H groups in total. The fourth-order valence-corrected chi connectivity index (χ4v) is 2.29. The molecule has 6 nitrogen and oxygen atoms in total.